The molecule has 0 saturated heterocycles. The maximum absolute atomic E-state index is 5.63. The number of rotatable bonds is 7. The Morgan fingerprint density at radius 1 is 1.40 bits per heavy atom. The monoisotopic (exact) mass is 207 g/mol. The molecule has 0 aliphatic heterocycles. The zero-order valence-corrected chi connectivity index (χ0v) is 9.45. The Balaban J connectivity index is 2.12. The van der Waals surface area contributed by atoms with E-state index in [-0.39, 0.29) is 0 Å². The van der Waals surface area contributed by atoms with Crippen LogP contribution in [0.5, 0.6) is 0 Å². The second kappa shape index (κ2) is 7.37. The lowest BCUT2D eigenvalue weighted by Gasteiger charge is -2.12. The van der Waals surface area contributed by atoms with Crippen molar-refractivity contribution in [1.29, 1.82) is 0 Å². The van der Waals surface area contributed by atoms with Gasteiger partial charge in [-0.2, -0.15) is 0 Å². The lowest BCUT2D eigenvalue weighted by Crippen LogP contribution is -2.29. The van der Waals surface area contributed by atoms with Crippen molar-refractivity contribution in [3.8, 4) is 0 Å². The Labute approximate surface area is 92.1 Å². The second-order valence-corrected chi connectivity index (χ2v) is 3.82. The summed E-state index contributed by atoms with van der Waals surface area (Å²) in [7, 11) is 0. The molecule has 0 fully saturated rings. The van der Waals surface area contributed by atoms with Crippen molar-refractivity contribution in [2.24, 2.45) is 11.7 Å². The minimum Gasteiger partial charge on any atom is -0.330 e. The van der Waals surface area contributed by atoms with Gasteiger partial charge in [-0.3, -0.25) is 4.98 Å². The summed E-state index contributed by atoms with van der Waals surface area (Å²) >= 11 is 0. The molecule has 1 aromatic heterocycles. The zero-order chi connectivity index (χ0) is 10.9. The van der Waals surface area contributed by atoms with E-state index in [1.807, 2.05) is 12.4 Å². The smallest absolute Gasteiger partial charge is 0.0270 e. The van der Waals surface area contributed by atoms with Crippen LogP contribution in [0.2, 0.25) is 0 Å². The topological polar surface area (TPSA) is 50.9 Å². The quantitative estimate of drug-likeness (QED) is 0.661. The Hall–Kier alpha value is -0.930. The van der Waals surface area contributed by atoms with Crippen LogP contribution in [0, 0.1) is 5.92 Å². The highest BCUT2D eigenvalue weighted by Gasteiger charge is 2.01. The molecule has 0 aliphatic carbocycles. The molecule has 0 spiro atoms. The van der Waals surface area contributed by atoms with Crippen LogP contribution in [-0.4, -0.2) is 24.6 Å². The summed E-state index contributed by atoms with van der Waals surface area (Å²) in [6.07, 6.45) is 5.89. The molecular weight excluding hydrogens is 186 g/mol. The molecule has 1 unspecified atom stereocenters. The molecule has 0 amide bonds. The van der Waals surface area contributed by atoms with E-state index < -0.39 is 0 Å². The van der Waals surface area contributed by atoms with Crippen molar-refractivity contribution in [1.82, 2.24) is 10.3 Å². The first-order valence-electron chi connectivity index (χ1n) is 5.66. The van der Waals surface area contributed by atoms with Gasteiger partial charge in [-0.05, 0) is 49.7 Å². The molecule has 0 aliphatic rings. The van der Waals surface area contributed by atoms with Gasteiger partial charge in [0, 0.05) is 12.4 Å². The number of nitrogens with zero attached hydrogens (tertiary/aromatic N) is 1. The van der Waals surface area contributed by atoms with E-state index in [4.69, 9.17) is 5.73 Å². The van der Waals surface area contributed by atoms with E-state index in [2.05, 4.69) is 29.4 Å². The number of hydrogen-bond donors (Lipinski definition) is 2. The number of nitrogens with one attached hydrogen (secondary N) is 1. The fourth-order valence-electron chi connectivity index (χ4n) is 1.48. The molecule has 1 rings (SSSR count). The molecule has 0 radical (unpaired) electrons. The second-order valence-electron chi connectivity index (χ2n) is 3.82. The van der Waals surface area contributed by atoms with Crippen LogP contribution in [0.15, 0.2) is 24.5 Å². The van der Waals surface area contributed by atoms with Crippen LogP contribution in [0.1, 0.15) is 18.9 Å². The molecule has 3 N–H and O–H groups in total. The van der Waals surface area contributed by atoms with E-state index in [9.17, 15) is 0 Å². The molecule has 1 heterocycles. The minimum atomic E-state index is 0.613. The van der Waals surface area contributed by atoms with Crippen LogP contribution in [-0.2, 0) is 6.42 Å². The fourth-order valence-corrected chi connectivity index (χ4v) is 1.48. The number of aromatic nitrogens is 1. The van der Waals surface area contributed by atoms with Crippen molar-refractivity contribution < 1.29 is 0 Å². The predicted octanol–water partition coefficient (Wildman–Crippen LogP) is 1.20. The molecular formula is C12H21N3. The SMILES string of the molecule is CCC(CN)CNCCc1ccncc1. The van der Waals surface area contributed by atoms with Crippen molar-refractivity contribution in [3.63, 3.8) is 0 Å². The van der Waals surface area contributed by atoms with Gasteiger partial charge in [0.1, 0.15) is 0 Å². The maximum atomic E-state index is 5.63. The molecule has 0 bridgehead atoms. The summed E-state index contributed by atoms with van der Waals surface area (Å²) in [5.74, 6) is 0.613. The standard InChI is InChI=1S/C12H21N3/c1-2-11(9-13)10-15-8-5-12-3-6-14-7-4-12/h3-4,6-7,11,15H,2,5,8-10,13H2,1H3. The first kappa shape index (κ1) is 12.1. The van der Waals surface area contributed by atoms with Crippen molar-refractivity contribution in [2.45, 2.75) is 19.8 Å². The normalized spacial score (nSPS) is 12.7. The molecule has 15 heavy (non-hydrogen) atoms. The predicted molar refractivity (Wildman–Crippen MR) is 63.6 cm³/mol. The highest BCUT2D eigenvalue weighted by molar-refractivity contribution is 5.09. The third kappa shape index (κ3) is 4.91. The minimum absolute atomic E-state index is 0.613. The van der Waals surface area contributed by atoms with Crippen LogP contribution in [0.3, 0.4) is 0 Å². The number of hydrogen-bond acceptors (Lipinski definition) is 3. The van der Waals surface area contributed by atoms with Crippen LogP contribution >= 0.6 is 0 Å². The van der Waals surface area contributed by atoms with Gasteiger partial charge in [-0.15, -0.1) is 0 Å². The Kier molecular flexibility index (Phi) is 5.97. The van der Waals surface area contributed by atoms with Gasteiger partial charge in [0.2, 0.25) is 0 Å². The first-order chi connectivity index (χ1) is 7.36. The van der Waals surface area contributed by atoms with Gasteiger partial charge in [0.05, 0.1) is 0 Å². The summed E-state index contributed by atoms with van der Waals surface area (Å²) in [4.78, 5) is 3.99. The van der Waals surface area contributed by atoms with Crippen molar-refractivity contribution in [2.75, 3.05) is 19.6 Å². The number of nitrogens with two attached hydrogens (primary N) is 1. The zero-order valence-electron chi connectivity index (χ0n) is 9.45. The van der Waals surface area contributed by atoms with Crippen LogP contribution in [0.25, 0.3) is 0 Å². The van der Waals surface area contributed by atoms with E-state index in [1.54, 1.807) is 0 Å². The Morgan fingerprint density at radius 3 is 2.73 bits per heavy atom. The third-order valence-corrected chi connectivity index (χ3v) is 2.68. The lowest BCUT2D eigenvalue weighted by atomic mass is 10.1. The maximum Gasteiger partial charge on any atom is 0.0270 e. The molecule has 0 saturated carbocycles. The van der Waals surface area contributed by atoms with Crippen molar-refractivity contribution >= 4 is 0 Å². The lowest BCUT2D eigenvalue weighted by molar-refractivity contribution is 0.474. The molecule has 84 valence electrons. The Bertz CT molecular complexity index is 244. The van der Waals surface area contributed by atoms with Crippen molar-refractivity contribution in [3.05, 3.63) is 30.1 Å². The molecule has 3 heteroatoms. The summed E-state index contributed by atoms with van der Waals surface area (Å²) in [5, 5.41) is 3.44. The molecule has 1 atom stereocenters. The molecule has 0 aromatic carbocycles. The summed E-state index contributed by atoms with van der Waals surface area (Å²) < 4.78 is 0. The van der Waals surface area contributed by atoms with Gasteiger partial charge < -0.3 is 11.1 Å². The largest absolute Gasteiger partial charge is 0.330 e. The highest BCUT2D eigenvalue weighted by atomic mass is 14.9. The number of pyridine rings is 1. The van der Waals surface area contributed by atoms with E-state index >= 15 is 0 Å². The highest BCUT2D eigenvalue weighted by Crippen LogP contribution is 1.98. The van der Waals surface area contributed by atoms with Gasteiger partial charge in [0.15, 0.2) is 0 Å². The summed E-state index contributed by atoms with van der Waals surface area (Å²) in [6, 6.07) is 4.11. The van der Waals surface area contributed by atoms with Gasteiger partial charge in [0.25, 0.3) is 0 Å². The van der Waals surface area contributed by atoms with Gasteiger partial charge in [-0.1, -0.05) is 13.3 Å². The van der Waals surface area contributed by atoms with Crippen LogP contribution < -0.4 is 11.1 Å². The molecule has 1 aromatic rings. The fraction of sp³-hybridized carbons (Fsp3) is 0.583. The first-order valence-corrected chi connectivity index (χ1v) is 5.66. The summed E-state index contributed by atoms with van der Waals surface area (Å²) in [6.45, 7) is 5.00. The molecule has 3 nitrogen and oxygen atoms in total. The Morgan fingerprint density at radius 2 is 2.13 bits per heavy atom. The van der Waals surface area contributed by atoms with E-state index in [0.29, 0.717) is 5.92 Å². The average molecular weight is 207 g/mol. The van der Waals surface area contributed by atoms with E-state index in [0.717, 1.165) is 32.5 Å². The van der Waals surface area contributed by atoms with Gasteiger partial charge >= 0.3 is 0 Å². The average Bonchev–Trinajstić information content (AvgIpc) is 2.31. The van der Waals surface area contributed by atoms with Crippen LogP contribution in [0.4, 0.5) is 0 Å². The van der Waals surface area contributed by atoms with Gasteiger partial charge in [-0.25, -0.2) is 0 Å². The van der Waals surface area contributed by atoms with E-state index in [1.165, 1.54) is 5.56 Å². The summed E-state index contributed by atoms with van der Waals surface area (Å²) in [5.41, 5.74) is 6.96. The third-order valence-electron chi connectivity index (χ3n) is 2.68.